The molecule has 0 saturated heterocycles. The highest BCUT2D eigenvalue weighted by Gasteiger charge is 2.20. The topological polar surface area (TPSA) is 75.6 Å². The zero-order chi connectivity index (χ0) is 38.2. The summed E-state index contributed by atoms with van der Waals surface area (Å²) >= 11 is 0. The fourth-order valence-corrected chi connectivity index (χ4v) is 7.01. The summed E-state index contributed by atoms with van der Waals surface area (Å²) in [6.45, 7) is 8.71. The van der Waals surface area contributed by atoms with E-state index in [2.05, 4.69) is 93.6 Å². The van der Waals surface area contributed by atoms with Gasteiger partial charge >= 0.3 is 0 Å². The summed E-state index contributed by atoms with van der Waals surface area (Å²) in [6.07, 6.45) is 13.8. The molecule has 0 atom stereocenters. The van der Waals surface area contributed by atoms with Crippen molar-refractivity contribution in [3.05, 3.63) is 91.0 Å². The Bertz CT molecular complexity index is 2020. The SMILES string of the molecule is CCCCCCOc1ccc(-c2nc(-c3ccc(OCCCCCC)c4ccccc34)nc(-c3ccc(OCCCCCC)c4ccccc34)n2)c(OC)c1. The fraction of sp³-hybridized carbons (Fsp3) is 0.396. The average Bonchev–Trinajstić information content (AvgIpc) is 3.23. The van der Waals surface area contributed by atoms with Crippen LogP contribution < -0.4 is 18.9 Å². The third-order valence-electron chi connectivity index (χ3n) is 10.1. The molecule has 0 amide bonds. The molecule has 5 aromatic carbocycles. The van der Waals surface area contributed by atoms with Gasteiger partial charge in [0.25, 0.3) is 0 Å². The number of hydrogen-bond acceptors (Lipinski definition) is 7. The lowest BCUT2D eigenvalue weighted by atomic mass is 10.0. The van der Waals surface area contributed by atoms with E-state index < -0.39 is 0 Å². The number of unbranched alkanes of at least 4 members (excludes halogenated alkanes) is 9. The predicted molar refractivity (Wildman–Crippen MR) is 227 cm³/mol. The van der Waals surface area contributed by atoms with E-state index in [0.717, 1.165) is 81.2 Å². The van der Waals surface area contributed by atoms with Gasteiger partial charge in [0.05, 0.1) is 32.5 Å². The van der Waals surface area contributed by atoms with Gasteiger partial charge in [-0.05, 0) is 66.4 Å². The Balaban J connectivity index is 1.44. The summed E-state index contributed by atoms with van der Waals surface area (Å²) in [5.41, 5.74) is 2.57. The van der Waals surface area contributed by atoms with Crippen molar-refractivity contribution in [2.45, 2.75) is 97.8 Å². The van der Waals surface area contributed by atoms with Gasteiger partial charge in [0, 0.05) is 28.0 Å². The molecule has 0 aliphatic rings. The van der Waals surface area contributed by atoms with Crippen LogP contribution in [-0.4, -0.2) is 41.9 Å². The van der Waals surface area contributed by atoms with Gasteiger partial charge in [-0.25, -0.2) is 15.0 Å². The third kappa shape index (κ3) is 10.1. The van der Waals surface area contributed by atoms with Gasteiger partial charge in [-0.3, -0.25) is 0 Å². The van der Waals surface area contributed by atoms with Gasteiger partial charge < -0.3 is 18.9 Å². The summed E-state index contributed by atoms with van der Waals surface area (Å²) in [4.78, 5) is 15.5. The van der Waals surface area contributed by atoms with Crippen molar-refractivity contribution in [2.75, 3.05) is 26.9 Å². The minimum absolute atomic E-state index is 0.520. The number of nitrogens with zero attached hydrogens (tertiary/aromatic N) is 3. The largest absolute Gasteiger partial charge is 0.496 e. The van der Waals surface area contributed by atoms with Crippen LogP contribution in [-0.2, 0) is 0 Å². The molecule has 1 aromatic heterocycles. The molecular formula is C48H57N3O4. The molecule has 288 valence electrons. The van der Waals surface area contributed by atoms with Crippen LogP contribution >= 0.6 is 0 Å². The van der Waals surface area contributed by atoms with E-state index in [0.29, 0.717) is 43.0 Å². The number of rotatable bonds is 22. The normalized spacial score (nSPS) is 11.3. The van der Waals surface area contributed by atoms with Gasteiger partial charge in [-0.15, -0.1) is 0 Å². The molecule has 7 nitrogen and oxygen atoms in total. The standard InChI is InChI=1S/C48H57N3O4/c1-5-8-11-18-31-53-35-25-26-42(45(34-35)52-4)48-50-46(40-27-29-43(54-32-19-12-9-6-2)38-23-16-14-21-36(38)40)49-47(51-48)41-28-30-44(55-33-20-13-10-7-3)39-24-17-15-22-37(39)41/h14-17,21-30,34H,5-13,18-20,31-33H2,1-4H3. The Hall–Kier alpha value is -5.17. The lowest BCUT2D eigenvalue weighted by molar-refractivity contribution is 0.303. The van der Waals surface area contributed by atoms with Crippen LogP contribution in [0.4, 0.5) is 0 Å². The lowest BCUT2D eigenvalue weighted by Gasteiger charge is -2.16. The van der Waals surface area contributed by atoms with E-state index in [1.807, 2.05) is 18.2 Å². The lowest BCUT2D eigenvalue weighted by Crippen LogP contribution is -2.04. The van der Waals surface area contributed by atoms with Crippen LogP contribution in [0, 0.1) is 0 Å². The maximum absolute atomic E-state index is 6.34. The van der Waals surface area contributed by atoms with Crippen molar-refractivity contribution < 1.29 is 18.9 Å². The molecule has 6 rings (SSSR count). The first-order valence-electron chi connectivity index (χ1n) is 20.5. The van der Waals surface area contributed by atoms with Crippen LogP contribution in [0.25, 0.3) is 55.7 Å². The second kappa shape index (κ2) is 20.5. The monoisotopic (exact) mass is 739 g/mol. The Morgan fingerprint density at radius 2 is 0.818 bits per heavy atom. The van der Waals surface area contributed by atoms with Crippen molar-refractivity contribution in [1.29, 1.82) is 0 Å². The Morgan fingerprint density at radius 1 is 0.400 bits per heavy atom. The molecule has 0 bridgehead atoms. The molecule has 0 aliphatic heterocycles. The number of ether oxygens (including phenoxy) is 4. The van der Waals surface area contributed by atoms with Crippen LogP contribution in [0.3, 0.4) is 0 Å². The highest BCUT2D eigenvalue weighted by atomic mass is 16.5. The predicted octanol–water partition coefficient (Wildman–Crippen LogP) is 13.1. The van der Waals surface area contributed by atoms with E-state index in [4.69, 9.17) is 33.9 Å². The van der Waals surface area contributed by atoms with E-state index >= 15 is 0 Å². The number of fused-ring (bicyclic) bond motifs is 2. The summed E-state index contributed by atoms with van der Waals surface area (Å²) in [6, 6.07) is 30.8. The van der Waals surface area contributed by atoms with Gasteiger partial charge in [-0.1, -0.05) is 127 Å². The first-order chi connectivity index (χ1) is 27.1. The maximum Gasteiger partial charge on any atom is 0.167 e. The maximum atomic E-state index is 6.34. The first kappa shape index (κ1) is 39.5. The van der Waals surface area contributed by atoms with Crippen molar-refractivity contribution in [3.8, 4) is 57.2 Å². The van der Waals surface area contributed by atoms with Crippen LogP contribution in [0.1, 0.15) is 97.8 Å². The molecule has 0 fully saturated rings. The van der Waals surface area contributed by atoms with Crippen molar-refractivity contribution in [1.82, 2.24) is 15.0 Å². The average molecular weight is 740 g/mol. The van der Waals surface area contributed by atoms with Gasteiger partial charge in [0.1, 0.15) is 23.0 Å². The summed E-state index contributed by atoms with van der Waals surface area (Å²) in [7, 11) is 1.68. The van der Waals surface area contributed by atoms with Crippen LogP contribution in [0.2, 0.25) is 0 Å². The molecule has 0 spiro atoms. The Morgan fingerprint density at radius 3 is 1.27 bits per heavy atom. The molecular weight excluding hydrogens is 683 g/mol. The molecule has 0 aliphatic carbocycles. The van der Waals surface area contributed by atoms with Gasteiger partial charge in [-0.2, -0.15) is 0 Å². The molecule has 0 unspecified atom stereocenters. The quantitative estimate of drug-likeness (QED) is 0.0642. The molecule has 0 N–H and O–H groups in total. The highest BCUT2D eigenvalue weighted by molar-refractivity contribution is 6.01. The fourth-order valence-electron chi connectivity index (χ4n) is 7.01. The molecule has 6 aromatic rings. The van der Waals surface area contributed by atoms with E-state index in [9.17, 15) is 0 Å². The Kier molecular flexibility index (Phi) is 14.7. The first-order valence-corrected chi connectivity index (χ1v) is 20.5. The van der Waals surface area contributed by atoms with E-state index in [1.165, 1.54) is 51.4 Å². The molecule has 0 saturated carbocycles. The van der Waals surface area contributed by atoms with Crippen molar-refractivity contribution in [3.63, 3.8) is 0 Å². The van der Waals surface area contributed by atoms with Crippen molar-refractivity contribution in [2.24, 2.45) is 0 Å². The number of hydrogen-bond donors (Lipinski definition) is 0. The van der Waals surface area contributed by atoms with Crippen LogP contribution in [0.5, 0.6) is 23.0 Å². The van der Waals surface area contributed by atoms with E-state index in [-0.39, 0.29) is 0 Å². The molecule has 55 heavy (non-hydrogen) atoms. The zero-order valence-electron chi connectivity index (χ0n) is 33.2. The second-order valence-electron chi connectivity index (χ2n) is 14.2. The smallest absolute Gasteiger partial charge is 0.167 e. The number of aromatic nitrogens is 3. The molecule has 0 radical (unpaired) electrons. The summed E-state index contributed by atoms with van der Waals surface area (Å²) in [5.74, 6) is 4.81. The Labute approximate surface area is 327 Å². The molecule has 7 heteroatoms. The van der Waals surface area contributed by atoms with Crippen LogP contribution in [0.15, 0.2) is 91.0 Å². The summed E-state index contributed by atoms with van der Waals surface area (Å²) in [5, 5.41) is 4.10. The highest BCUT2D eigenvalue weighted by Crippen LogP contribution is 2.39. The minimum Gasteiger partial charge on any atom is -0.496 e. The van der Waals surface area contributed by atoms with E-state index in [1.54, 1.807) is 7.11 Å². The summed E-state index contributed by atoms with van der Waals surface area (Å²) < 4.78 is 24.8. The number of methoxy groups -OCH3 is 1. The van der Waals surface area contributed by atoms with Gasteiger partial charge in [0.2, 0.25) is 0 Å². The zero-order valence-corrected chi connectivity index (χ0v) is 33.2. The third-order valence-corrected chi connectivity index (χ3v) is 10.1. The molecule has 1 heterocycles. The van der Waals surface area contributed by atoms with Gasteiger partial charge in [0.15, 0.2) is 17.5 Å². The minimum atomic E-state index is 0.520. The number of benzene rings is 5. The van der Waals surface area contributed by atoms with Crippen molar-refractivity contribution >= 4 is 21.5 Å². The second-order valence-corrected chi connectivity index (χ2v) is 14.2.